The Labute approximate surface area is 137 Å². The van der Waals surface area contributed by atoms with Gasteiger partial charge < -0.3 is 14.4 Å². The van der Waals surface area contributed by atoms with Crippen LogP contribution in [0.25, 0.3) is 0 Å². The highest BCUT2D eigenvalue weighted by atomic mass is 16.5. The van der Waals surface area contributed by atoms with Crippen LogP contribution in [0.3, 0.4) is 0 Å². The summed E-state index contributed by atoms with van der Waals surface area (Å²) in [7, 11) is 5.04. The molecule has 0 aromatic heterocycles. The zero-order chi connectivity index (χ0) is 16.8. The lowest BCUT2D eigenvalue weighted by Gasteiger charge is -2.26. The molecule has 0 aliphatic heterocycles. The molecule has 0 spiro atoms. The molecule has 4 heteroatoms. The van der Waals surface area contributed by atoms with Crippen molar-refractivity contribution in [3.8, 4) is 11.5 Å². The fraction of sp³-hybridized carbons (Fsp3) is 0.316. The van der Waals surface area contributed by atoms with Crippen LogP contribution in [0, 0.1) is 0 Å². The van der Waals surface area contributed by atoms with Gasteiger partial charge in [0.2, 0.25) is 5.91 Å². The Kier molecular flexibility index (Phi) is 5.63. The zero-order valence-corrected chi connectivity index (χ0v) is 14.1. The van der Waals surface area contributed by atoms with E-state index in [-0.39, 0.29) is 18.4 Å². The Hall–Kier alpha value is -2.49. The highest BCUT2D eigenvalue weighted by Gasteiger charge is 2.19. The molecule has 0 unspecified atom stereocenters. The summed E-state index contributed by atoms with van der Waals surface area (Å²) in [6, 6.07) is 15.5. The molecule has 4 nitrogen and oxygen atoms in total. The molecule has 0 saturated carbocycles. The van der Waals surface area contributed by atoms with Crippen LogP contribution < -0.4 is 9.47 Å². The molecule has 2 rings (SSSR count). The summed E-state index contributed by atoms with van der Waals surface area (Å²) >= 11 is 0. The molecule has 23 heavy (non-hydrogen) atoms. The normalized spacial score (nSPS) is 11.7. The number of hydrogen-bond acceptors (Lipinski definition) is 3. The van der Waals surface area contributed by atoms with Crippen LogP contribution in [0.2, 0.25) is 0 Å². The first-order valence-corrected chi connectivity index (χ1v) is 7.58. The summed E-state index contributed by atoms with van der Waals surface area (Å²) in [5.41, 5.74) is 1.94. The highest BCUT2D eigenvalue weighted by molar-refractivity contribution is 5.80. The molecule has 0 aliphatic carbocycles. The van der Waals surface area contributed by atoms with Crippen LogP contribution in [-0.2, 0) is 11.2 Å². The monoisotopic (exact) mass is 313 g/mol. The van der Waals surface area contributed by atoms with Gasteiger partial charge in [-0.25, -0.2) is 0 Å². The van der Waals surface area contributed by atoms with Gasteiger partial charge in [-0.15, -0.1) is 0 Å². The van der Waals surface area contributed by atoms with E-state index in [9.17, 15) is 4.79 Å². The largest absolute Gasteiger partial charge is 0.497 e. The van der Waals surface area contributed by atoms with Crippen molar-refractivity contribution in [2.45, 2.75) is 19.4 Å². The molecule has 1 atom stereocenters. The van der Waals surface area contributed by atoms with Gasteiger partial charge in [0.25, 0.3) is 0 Å². The second-order valence-corrected chi connectivity index (χ2v) is 5.45. The van der Waals surface area contributed by atoms with E-state index in [1.54, 1.807) is 19.1 Å². The molecule has 0 heterocycles. The summed E-state index contributed by atoms with van der Waals surface area (Å²) in [6.07, 6.45) is 0.272. The topological polar surface area (TPSA) is 38.8 Å². The number of carbonyl (C=O) groups is 1. The summed E-state index contributed by atoms with van der Waals surface area (Å²) in [4.78, 5) is 14.4. The van der Waals surface area contributed by atoms with Gasteiger partial charge in [0.05, 0.1) is 26.7 Å². The Balaban J connectivity index is 2.15. The number of methoxy groups -OCH3 is 2. The molecule has 2 aromatic rings. The lowest BCUT2D eigenvalue weighted by atomic mass is 10.1. The van der Waals surface area contributed by atoms with E-state index in [1.807, 2.05) is 62.5 Å². The third-order valence-electron chi connectivity index (χ3n) is 4.09. The Bertz CT molecular complexity index is 655. The number of hydrogen-bond donors (Lipinski definition) is 0. The molecular weight excluding hydrogens is 290 g/mol. The van der Waals surface area contributed by atoms with Gasteiger partial charge in [0.15, 0.2) is 0 Å². The predicted octanol–water partition coefficient (Wildman–Crippen LogP) is 3.47. The van der Waals surface area contributed by atoms with Gasteiger partial charge >= 0.3 is 0 Å². The van der Waals surface area contributed by atoms with Crippen molar-refractivity contribution in [3.63, 3.8) is 0 Å². The summed E-state index contributed by atoms with van der Waals surface area (Å²) in [5, 5.41) is 0. The summed E-state index contributed by atoms with van der Waals surface area (Å²) in [6.45, 7) is 2.02. The Morgan fingerprint density at radius 3 is 2.39 bits per heavy atom. The SMILES string of the molecule is COc1ccc(OC)c(CC(=O)N(C)[C@H](C)c2ccccc2)c1. The van der Waals surface area contributed by atoms with Crippen molar-refractivity contribution in [1.29, 1.82) is 0 Å². The van der Waals surface area contributed by atoms with Crippen molar-refractivity contribution in [1.82, 2.24) is 4.90 Å². The zero-order valence-electron chi connectivity index (χ0n) is 14.1. The smallest absolute Gasteiger partial charge is 0.227 e. The van der Waals surface area contributed by atoms with E-state index in [1.165, 1.54) is 0 Å². The van der Waals surface area contributed by atoms with E-state index < -0.39 is 0 Å². The van der Waals surface area contributed by atoms with Crippen LogP contribution in [-0.4, -0.2) is 32.1 Å². The molecule has 0 N–H and O–H groups in total. The second kappa shape index (κ2) is 7.68. The number of amides is 1. The van der Waals surface area contributed by atoms with Crippen LogP contribution in [0.15, 0.2) is 48.5 Å². The maximum absolute atomic E-state index is 12.6. The molecule has 1 amide bonds. The van der Waals surface area contributed by atoms with Crippen LogP contribution >= 0.6 is 0 Å². The quantitative estimate of drug-likeness (QED) is 0.820. The van der Waals surface area contributed by atoms with Gasteiger partial charge in [-0.2, -0.15) is 0 Å². The Morgan fingerprint density at radius 2 is 1.78 bits per heavy atom. The summed E-state index contributed by atoms with van der Waals surface area (Å²) < 4.78 is 10.6. The predicted molar refractivity (Wildman–Crippen MR) is 90.9 cm³/mol. The van der Waals surface area contributed by atoms with E-state index in [0.717, 1.165) is 11.1 Å². The molecule has 122 valence electrons. The van der Waals surface area contributed by atoms with Gasteiger partial charge in [0.1, 0.15) is 11.5 Å². The molecular formula is C19H23NO3. The fourth-order valence-electron chi connectivity index (χ4n) is 2.48. The maximum atomic E-state index is 12.6. The molecule has 0 fully saturated rings. The van der Waals surface area contributed by atoms with Crippen molar-refractivity contribution in [3.05, 3.63) is 59.7 Å². The fourth-order valence-corrected chi connectivity index (χ4v) is 2.48. The van der Waals surface area contributed by atoms with Gasteiger partial charge in [0, 0.05) is 12.6 Å². The number of ether oxygens (including phenoxy) is 2. The molecule has 0 aliphatic rings. The first-order chi connectivity index (χ1) is 11.1. The van der Waals surface area contributed by atoms with Gasteiger partial charge in [-0.05, 0) is 30.7 Å². The lowest BCUT2D eigenvalue weighted by molar-refractivity contribution is -0.131. The van der Waals surface area contributed by atoms with E-state index >= 15 is 0 Å². The highest BCUT2D eigenvalue weighted by Crippen LogP contribution is 2.26. The van der Waals surface area contributed by atoms with Crippen LogP contribution in [0.5, 0.6) is 11.5 Å². The standard InChI is InChI=1S/C19H23NO3/c1-14(15-8-6-5-7-9-15)20(2)19(21)13-16-12-17(22-3)10-11-18(16)23-4/h5-12,14H,13H2,1-4H3/t14-/m1/s1. The minimum Gasteiger partial charge on any atom is -0.497 e. The minimum atomic E-state index is 0.0142. The lowest BCUT2D eigenvalue weighted by Crippen LogP contribution is -2.31. The van der Waals surface area contributed by atoms with E-state index in [4.69, 9.17) is 9.47 Å². The van der Waals surface area contributed by atoms with Crippen molar-refractivity contribution in [2.24, 2.45) is 0 Å². The van der Waals surface area contributed by atoms with E-state index in [0.29, 0.717) is 11.5 Å². The molecule has 0 radical (unpaired) electrons. The molecule has 2 aromatic carbocycles. The van der Waals surface area contributed by atoms with Gasteiger partial charge in [-0.1, -0.05) is 30.3 Å². The number of carbonyl (C=O) groups excluding carboxylic acids is 1. The average molecular weight is 313 g/mol. The second-order valence-electron chi connectivity index (χ2n) is 5.45. The van der Waals surface area contributed by atoms with Crippen LogP contribution in [0.4, 0.5) is 0 Å². The maximum Gasteiger partial charge on any atom is 0.227 e. The Morgan fingerprint density at radius 1 is 1.09 bits per heavy atom. The minimum absolute atomic E-state index is 0.0142. The first-order valence-electron chi connectivity index (χ1n) is 7.58. The first kappa shape index (κ1) is 16.9. The van der Waals surface area contributed by atoms with Crippen molar-refractivity contribution >= 4 is 5.91 Å². The van der Waals surface area contributed by atoms with Crippen molar-refractivity contribution in [2.75, 3.05) is 21.3 Å². The molecule has 0 bridgehead atoms. The third kappa shape index (κ3) is 4.03. The van der Waals surface area contributed by atoms with E-state index in [2.05, 4.69) is 0 Å². The number of benzene rings is 2. The average Bonchev–Trinajstić information content (AvgIpc) is 2.61. The summed E-state index contributed by atoms with van der Waals surface area (Å²) in [5.74, 6) is 1.44. The molecule has 0 saturated heterocycles. The van der Waals surface area contributed by atoms with Gasteiger partial charge in [-0.3, -0.25) is 4.79 Å². The number of rotatable bonds is 6. The number of likely N-dealkylation sites (N-methyl/N-ethyl adjacent to an activating group) is 1. The van der Waals surface area contributed by atoms with Crippen LogP contribution in [0.1, 0.15) is 24.1 Å². The van der Waals surface area contributed by atoms with Crippen molar-refractivity contribution < 1.29 is 14.3 Å². The third-order valence-corrected chi connectivity index (χ3v) is 4.09. The number of nitrogens with zero attached hydrogens (tertiary/aromatic N) is 1.